The first kappa shape index (κ1) is 53.1. The first-order chi connectivity index (χ1) is 33.5. The molecule has 0 bridgehead atoms. The van der Waals surface area contributed by atoms with E-state index in [9.17, 15) is 45.8 Å². The zero-order valence-corrected chi connectivity index (χ0v) is 41.3. The second kappa shape index (κ2) is 20.8. The number of carbonyl (C=O) groups is 3. The molecule has 71 heavy (non-hydrogen) atoms. The van der Waals surface area contributed by atoms with Gasteiger partial charge in [0.25, 0.3) is 11.8 Å². The number of aliphatic hydroxyl groups is 1. The summed E-state index contributed by atoms with van der Waals surface area (Å²) in [6.45, 7) is 12.4. The van der Waals surface area contributed by atoms with E-state index >= 15 is 0 Å². The summed E-state index contributed by atoms with van der Waals surface area (Å²) in [6, 6.07) is 17.2. The quantitative estimate of drug-likeness (QED) is 0.155. The number of piperidine rings is 2. The molecule has 0 aliphatic carbocycles. The lowest BCUT2D eigenvalue weighted by atomic mass is 9.81. The molecule has 0 saturated carbocycles. The monoisotopic (exact) mass is 1000 g/mol. The van der Waals surface area contributed by atoms with E-state index < -0.39 is 46.5 Å². The number of rotatable bonds is 10. The van der Waals surface area contributed by atoms with Gasteiger partial charge in [-0.25, -0.2) is 4.79 Å². The Hall–Kier alpha value is -5.73. The van der Waals surface area contributed by atoms with Gasteiger partial charge < -0.3 is 43.0 Å². The number of hydrogen-bond donors (Lipinski definition) is 1. The number of halogens is 6. The fourth-order valence-electron chi connectivity index (χ4n) is 10.7. The normalized spacial score (nSPS) is 17.9. The van der Waals surface area contributed by atoms with Gasteiger partial charge in [0.05, 0.1) is 43.1 Å². The SMILES string of the molecule is CCOC(=O)N1CCn2c(C(F)(F)F)ccc2C12CCN(C(=O)c1ccc(OC(C)C)c(OC)c1)CC2.COCCN1CCn2c(C(F)(F)F)ccc2C12CCN(C(=O)c1ccc(C(C)(C)O)cc1)CC2. The third kappa shape index (κ3) is 10.7. The fraction of sp³-hybridized carbons (Fsp3) is 0.549. The summed E-state index contributed by atoms with van der Waals surface area (Å²) >= 11 is 0. The Bertz CT molecular complexity index is 2510. The highest BCUT2D eigenvalue weighted by Gasteiger charge is 2.52. The summed E-state index contributed by atoms with van der Waals surface area (Å²) < 4.78 is 106. The molecule has 0 atom stereocenters. The summed E-state index contributed by atoms with van der Waals surface area (Å²) in [6.07, 6.45) is -7.88. The van der Waals surface area contributed by atoms with E-state index in [1.807, 2.05) is 13.8 Å². The lowest BCUT2D eigenvalue weighted by Gasteiger charge is -2.52. The lowest BCUT2D eigenvalue weighted by molar-refractivity contribution is -0.145. The lowest BCUT2D eigenvalue weighted by Crippen LogP contribution is -2.60. The average Bonchev–Trinajstić information content (AvgIpc) is 3.99. The molecule has 2 saturated heterocycles. The zero-order valence-electron chi connectivity index (χ0n) is 41.3. The molecule has 0 unspecified atom stereocenters. The number of likely N-dealkylation sites (tertiary alicyclic amines) is 2. The maximum Gasteiger partial charge on any atom is 0.431 e. The standard InChI is InChI=1S/C26H32F3N3O5.C25H32F3N3O3/c1-5-36-24(34)32-15-14-31-21(8-9-22(31)26(27,28)29)25(32)10-12-30(13-11-25)23(33)18-6-7-19(37-17(2)3)20(16-18)35-4;1-23(2,33)19-6-4-18(5-7-19)22(32)29-12-10-24(11-13-29)20-8-9-21(25(26,27)28)31(20)15-14-30(24)16-17-34-3/h6-9,16-17H,5,10-15H2,1-4H3;4-9,33H,10-17H2,1-3H3. The minimum Gasteiger partial charge on any atom is -0.493 e. The van der Waals surface area contributed by atoms with E-state index in [0.29, 0.717) is 79.6 Å². The number of alkyl halides is 6. The molecule has 2 fully saturated rings. The van der Waals surface area contributed by atoms with Crippen molar-refractivity contribution in [3.05, 3.63) is 106 Å². The number of nitrogens with zero attached hydrogens (tertiary/aromatic N) is 6. The molecule has 20 heteroatoms. The van der Waals surface area contributed by atoms with Crippen molar-refractivity contribution < 1.29 is 64.8 Å². The van der Waals surface area contributed by atoms with Crippen LogP contribution in [0.15, 0.2) is 66.7 Å². The number of aromatic nitrogens is 2. The van der Waals surface area contributed by atoms with Crippen molar-refractivity contribution in [2.45, 2.75) is 109 Å². The molecule has 2 aromatic heterocycles. The molecular formula is C51H64F6N6O8. The third-order valence-electron chi connectivity index (χ3n) is 14.2. The minimum atomic E-state index is -4.51. The second-order valence-electron chi connectivity index (χ2n) is 19.2. The zero-order chi connectivity index (χ0) is 51.7. The molecule has 8 rings (SSSR count). The highest BCUT2D eigenvalue weighted by Crippen LogP contribution is 2.47. The molecule has 4 aliphatic heterocycles. The van der Waals surface area contributed by atoms with Crippen molar-refractivity contribution in [1.29, 1.82) is 0 Å². The van der Waals surface area contributed by atoms with Crippen molar-refractivity contribution in [3.8, 4) is 11.5 Å². The van der Waals surface area contributed by atoms with Gasteiger partial charge in [0, 0.05) is 88.5 Å². The van der Waals surface area contributed by atoms with Crippen LogP contribution in [0.1, 0.15) is 109 Å². The van der Waals surface area contributed by atoms with E-state index in [2.05, 4.69) is 4.90 Å². The number of benzene rings is 2. The fourth-order valence-corrected chi connectivity index (χ4v) is 10.7. The number of fused-ring (bicyclic) bond motifs is 4. The Morgan fingerprint density at radius 3 is 1.66 bits per heavy atom. The number of methoxy groups -OCH3 is 2. The topological polar surface area (TPSA) is 131 Å². The van der Waals surface area contributed by atoms with E-state index in [1.165, 1.54) is 33.3 Å². The Labute approximate surface area is 410 Å². The molecule has 1 N–H and O–H groups in total. The highest BCUT2D eigenvalue weighted by atomic mass is 19.4. The van der Waals surface area contributed by atoms with Gasteiger partial charge in [-0.1, -0.05) is 12.1 Å². The van der Waals surface area contributed by atoms with Crippen molar-refractivity contribution in [1.82, 2.24) is 28.7 Å². The van der Waals surface area contributed by atoms with Crippen molar-refractivity contribution in [2.24, 2.45) is 0 Å². The van der Waals surface area contributed by atoms with Gasteiger partial charge in [0.1, 0.15) is 11.4 Å². The van der Waals surface area contributed by atoms with Crippen LogP contribution in [0.25, 0.3) is 0 Å². The summed E-state index contributed by atoms with van der Waals surface area (Å²) in [7, 11) is 3.12. The van der Waals surface area contributed by atoms with Crippen molar-refractivity contribution in [2.75, 3.05) is 73.2 Å². The average molecular weight is 1000 g/mol. The first-order valence-electron chi connectivity index (χ1n) is 24.0. The van der Waals surface area contributed by atoms with Gasteiger partial charge in [0.15, 0.2) is 11.5 Å². The van der Waals surface area contributed by atoms with E-state index in [1.54, 1.807) is 86.2 Å². The van der Waals surface area contributed by atoms with Crippen LogP contribution in [0.3, 0.4) is 0 Å². The highest BCUT2D eigenvalue weighted by molar-refractivity contribution is 5.95. The Morgan fingerprint density at radius 1 is 0.662 bits per heavy atom. The molecule has 4 aromatic rings. The summed E-state index contributed by atoms with van der Waals surface area (Å²) in [5.74, 6) is 0.628. The molecule has 388 valence electrons. The Balaban J connectivity index is 0.000000209. The maximum absolute atomic E-state index is 13.7. The molecule has 6 heterocycles. The van der Waals surface area contributed by atoms with E-state index in [0.717, 1.165) is 11.6 Å². The molecular weight excluding hydrogens is 939 g/mol. The van der Waals surface area contributed by atoms with Crippen LogP contribution in [0.4, 0.5) is 31.1 Å². The predicted octanol–water partition coefficient (Wildman–Crippen LogP) is 8.73. The van der Waals surface area contributed by atoms with Gasteiger partial charge in [-0.3, -0.25) is 19.4 Å². The van der Waals surface area contributed by atoms with Gasteiger partial charge in [0.2, 0.25) is 0 Å². The van der Waals surface area contributed by atoms with Gasteiger partial charge in [-0.2, -0.15) is 26.3 Å². The van der Waals surface area contributed by atoms with Crippen LogP contribution in [0.2, 0.25) is 0 Å². The van der Waals surface area contributed by atoms with Crippen LogP contribution < -0.4 is 9.47 Å². The molecule has 2 aromatic carbocycles. The smallest absolute Gasteiger partial charge is 0.431 e. The van der Waals surface area contributed by atoms with Crippen molar-refractivity contribution >= 4 is 17.9 Å². The Kier molecular flexibility index (Phi) is 15.5. The largest absolute Gasteiger partial charge is 0.493 e. The first-order valence-corrected chi connectivity index (χ1v) is 24.0. The predicted molar refractivity (Wildman–Crippen MR) is 250 cm³/mol. The van der Waals surface area contributed by atoms with Crippen LogP contribution >= 0.6 is 0 Å². The van der Waals surface area contributed by atoms with Gasteiger partial charge in [-0.05, 0) is 120 Å². The molecule has 14 nitrogen and oxygen atoms in total. The van der Waals surface area contributed by atoms with Crippen molar-refractivity contribution in [3.63, 3.8) is 0 Å². The number of amides is 3. The van der Waals surface area contributed by atoms with E-state index in [4.69, 9.17) is 18.9 Å². The Morgan fingerprint density at radius 2 is 1.17 bits per heavy atom. The summed E-state index contributed by atoms with van der Waals surface area (Å²) in [5, 5.41) is 10.1. The van der Waals surface area contributed by atoms with E-state index in [-0.39, 0.29) is 70.1 Å². The maximum atomic E-state index is 13.7. The van der Waals surface area contributed by atoms with Crippen LogP contribution in [-0.4, -0.2) is 131 Å². The summed E-state index contributed by atoms with van der Waals surface area (Å²) in [5.41, 5.74) is -1.15. The van der Waals surface area contributed by atoms with Crippen LogP contribution in [-0.2, 0) is 51.6 Å². The van der Waals surface area contributed by atoms with Gasteiger partial charge in [-0.15, -0.1) is 0 Å². The van der Waals surface area contributed by atoms with Crippen LogP contribution in [0, 0.1) is 0 Å². The number of ether oxygens (including phenoxy) is 4. The number of carbonyl (C=O) groups excluding carboxylic acids is 3. The summed E-state index contributed by atoms with van der Waals surface area (Å²) in [4.78, 5) is 46.5. The molecule has 3 amide bonds. The molecule has 2 spiro atoms. The molecule has 4 aliphatic rings. The second-order valence-corrected chi connectivity index (χ2v) is 19.2. The minimum absolute atomic E-state index is 0.0188. The van der Waals surface area contributed by atoms with Crippen LogP contribution in [0.5, 0.6) is 11.5 Å². The van der Waals surface area contributed by atoms with Gasteiger partial charge >= 0.3 is 18.4 Å². The molecule has 0 radical (unpaired) electrons. The third-order valence-corrected chi connectivity index (χ3v) is 14.2. The number of hydrogen-bond acceptors (Lipinski definition) is 9.